The maximum Gasteiger partial charge on any atom is 0.226 e. The van der Waals surface area contributed by atoms with Crippen LogP contribution in [0.1, 0.15) is 44.2 Å². The number of guanidine groups is 1. The van der Waals surface area contributed by atoms with Crippen LogP contribution in [0.15, 0.2) is 46.0 Å². The molecule has 2 N–H and O–H groups in total. The molecule has 6 nitrogen and oxygen atoms in total. The molecule has 1 saturated carbocycles. The summed E-state index contributed by atoms with van der Waals surface area (Å²) in [5.41, 5.74) is 1.81. The van der Waals surface area contributed by atoms with E-state index in [0.717, 1.165) is 23.8 Å². The summed E-state index contributed by atoms with van der Waals surface area (Å²) < 4.78 is 11.6. The molecule has 3 rings (SSSR count). The third kappa shape index (κ3) is 6.40. The van der Waals surface area contributed by atoms with E-state index >= 15 is 0 Å². The molecule has 27 heavy (non-hydrogen) atoms. The van der Waals surface area contributed by atoms with Gasteiger partial charge >= 0.3 is 0 Å². The first-order valence-corrected chi connectivity index (χ1v) is 9.91. The van der Waals surface area contributed by atoms with Crippen LogP contribution in [0.25, 0.3) is 11.5 Å². The van der Waals surface area contributed by atoms with Gasteiger partial charge in [-0.15, -0.1) is 0 Å². The molecule has 6 heteroatoms. The van der Waals surface area contributed by atoms with E-state index in [4.69, 9.17) is 9.15 Å². The van der Waals surface area contributed by atoms with Gasteiger partial charge in [-0.25, -0.2) is 4.98 Å². The van der Waals surface area contributed by atoms with E-state index in [1.807, 2.05) is 30.3 Å². The number of aliphatic imine (C=N–C) groups is 1. The van der Waals surface area contributed by atoms with E-state index in [1.165, 1.54) is 38.5 Å². The van der Waals surface area contributed by atoms with Crippen molar-refractivity contribution in [1.82, 2.24) is 15.6 Å². The van der Waals surface area contributed by atoms with Gasteiger partial charge in [-0.3, -0.25) is 4.99 Å². The van der Waals surface area contributed by atoms with Crippen molar-refractivity contribution in [2.75, 3.05) is 20.2 Å². The molecule has 1 heterocycles. The lowest BCUT2D eigenvalue weighted by Crippen LogP contribution is -2.39. The van der Waals surface area contributed by atoms with Crippen molar-refractivity contribution < 1.29 is 9.15 Å². The Kier molecular flexibility index (Phi) is 7.71. The fourth-order valence-electron chi connectivity index (χ4n) is 3.30. The molecular formula is C21H30N4O2. The van der Waals surface area contributed by atoms with Crippen LogP contribution in [0.5, 0.6) is 0 Å². The van der Waals surface area contributed by atoms with Crippen LogP contribution in [0, 0.1) is 0 Å². The van der Waals surface area contributed by atoms with Gasteiger partial charge in [0.15, 0.2) is 5.96 Å². The predicted molar refractivity (Wildman–Crippen MR) is 108 cm³/mol. The van der Waals surface area contributed by atoms with Crippen molar-refractivity contribution in [2.45, 2.75) is 51.2 Å². The zero-order valence-electron chi connectivity index (χ0n) is 16.1. The Hall–Kier alpha value is -2.34. The van der Waals surface area contributed by atoms with E-state index in [9.17, 15) is 0 Å². The van der Waals surface area contributed by atoms with Gasteiger partial charge in [-0.05, 0) is 25.0 Å². The average Bonchev–Trinajstić information content (AvgIpc) is 3.04. The van der Waals surface area contributed by atoms with Gasteiger partial charge < -0.3 is 19.8 Å². The summed E-state index contributed by atoms with van der Waals surface area (Å²) in [7, 11) is 1.76. The number of oxazole rings is 1. The third-order valence-electron chi connectivity index (χ3n) is 4.78. The van der Waals surface area contributed by atoms with Gasteiger partial charge in [0.25, 0.3) is 0 Å². The summed E-state index contributed by atoms with van der Waals surface area (Å²) in [5, 5.41) is 6.55. The minimum atomic E-state index is 0.427. The summed E-state index contributed by atoms with van der Waals surface area (Å²) in [5.74, 6) is 1.37. The molecule has 1 aromatic carbocycles. The smallest absolute Gasteiger partial charge is 0.226 e. The fraction of sp³-hybridized carbons (Fsp3) is 0.524. The van der Waals surface area contributed by atoms with Crippen LogP contribution in [-0.2, 0) is 11.3 Å². The molecule has 0 bridgehead atoms. The summed E-state index contributed by atoms with van der Waals surface area (Å²) in [6, 6.07) is 9.89. The van der Waals surface area contributed by atoms with Crippen molar-refractivity contribution >= 4 is 5.96 Å². The first-order chi connectivity index (χ1) is 13.3. The molecule has 146 valence electrons. The molecule has 1 aromatic heterocycles. The van der Waals surface area contributed by atoms with Crippen molar-refractivity contribution in [3.05, 3.63) is 42.3 Å². The van der Waals surface area contributed by atoms with Crippen molar-refractivity contribution in [3.63, 3.8) is 0 Å². The highest BCUT2D eigenvalue weighted by molar-refractivity contribution is 5.79. The molecule has 0 atom stereocenters. The topological polar surface area (TPSA) is 71.7 Å². The van der Waals surface area contributed by atoms with E-state index in [1.54, 1.807) is 13.3 Å². The number of ether oxygens (including phenoxy) is 1. The molecule has 0 spiro atoms. The number of benzene rings is 1. The van der Waals surface area contributed by atoms with Gasteiger partial charge in [-0.1, -0.05) is 43.9 Å². The third-order valence-corrected chi connectivity index (χ3v) is 4.78. The lowest BCUT2D eigenvalue weighted by molar-refractivity contribution is 0.0468. The Morgan fingerprint density at radius 1 is 1.15 bits per heavy atom. The summed E-state index contributed by atoms with van der Waals surface area (Å²) in [4.78, 5) is 8.76. The zero-order chi connectivity index (χ0) is 18.7. The fourth-order valence-corrected chi connectivity index (χ4v) is 3.30. The number of aromatic nitrogens is 1. The van der Waals surface area contributed by atoms with Crippen molar-refractivity contribution in [2.24, 2.45) is 4.99 Å². The average molecular weight is 370 g/mol. The van der Waals surface area contributed by atoms with Gasteiger partial charge in [0.2, 0.25) is 5.89 Å². The molecule has 1 aliphatic carbocycles. The number of rotatable bonds is 7. The van der Waals surface area contributed by atoms with Gasteiger partial charge in [0, 0.05) is 19.2 Å². The normalized spacial score (nSPS) is 16.1. The molecule has 1 aliphatic rings. The van der Waals surface area contributed by atoms with E-state index in [-0.39, 0.29) is 0 Å². The molecule has 0 amide bonds. The Bertz CT molecular complexity index is 691. The second-order valence-corrected chi connectivity index (χ2v) is 6.85. The summed E-state index contributed by atoms with van der Waals surface area (Å²) in [6.07, 6.45) is 9.79. The van der Waals surface area contributed by atoms with Gasteiger partial charge in [0.1, 0.15) is 6.26 Å². The van der Waals surface area contributed by atoms with Gasteiger partial charge in [-0.2, -0.15) is 0 Å². The maximum atomic E-state index is 6.00. The summed E-state index contributed by atoms with van der Waals surface area (Å²) >= 11 is 0. The quantitative estimate of drug-likeness (QED) is 0.336. The highest BCUT2D eigenvalue weighted by Crippen LogP contribution is 2.19. The first kappa shape index (κ1) is 19.4. The summed E-state index contributed by atoms with van der Waals surface area (Å²) in [6.45, 7) is 2.00. The Morgan fingerprint density at radius 3 is 2.67 bits per heavy atom. The van der Waals surface area contributed by atoms with E-state index in [2.05, 4.69) is 20.6 Å². The minimum absolute atomic E-state index is 0.427. The van der Waals surface area contributed by atoms with Crippen LogP contribution >= 0.6 is 0 Å². The Morgan fingerprint density at radius 2 is 1.93 bits per heavy atom. The van der Waals surface area contributed by atoms with Crippen LogP contribution in [0.4, 0.5) is 0 Å². The second-order valence-electron chi connectivity index (χ2n) is 6.85. The lowest BCUT2D eigenvalue weighted by Gasteiger charge is -2.16. The SMILES string of the molecule is CN=C(NCCOC1CCCCCC1)NCc1coc(-c2ccccc2)n1. The number of nitrogens with one attached hydrogen (secondary N) is 2. The minimum Gasteiger partial charge on any atom is -0.444 e. The van der Waals surface area contributed by atoms with Gasteiger partial charge in [0.05, 0.1) is 24.9 Å². The lowest BCUT2D eigenvalue weighted by atomic mass is 10.1. The standard InChI is InChI=1S/C21H30N4O2/c1-22-21(23-13-14-26-19-11-7-2-3-8-12-19)24-15-18-16-27-20(25-18)17-9-5-4-6-10-17/h4-6,9-10,16,19H,2-3,7-8,11-15H2,1H3,(H2,22,23,24). The van der Waals surface area contributed by atoms with Crippen LogP contribution < -0.4 is 10.6 Å². The second kappa shape index (κ2) is 10.7. The van der Waals surface area contributed by atoms with Crippen LogP contribution in [-0.4, -0.2) is 37.2 Å². The first-order valence-electron chi connectivity index (χ1n) is 9.91. The molecule has 0 saturated heterocycles. The largest absolute Gasteiger partial charge is 0.444 e. The molecule has 2 aromatic rings. The maximum absolute atomic E-state index is 6.00. The highest BCUT2D eigenvalue weighted by atomic mass is 16.5. The van der Waals surface area contributed by atoms with E-state index in [0.29, 0.717) is 25.1 Å². The number of hydrogen-bond acceptors (Lipinski definition) is 4. The number of hydrogen-bond donors (Lipinski definition) is 2. The Labute approximate surface area is 161 Å². The van der Waals surface area contributed by atoms with Crippen molar-refractivity contribution in [3.8, 4) is 11.5 Å². The predicted octanol–water partition coefficient (Wildman–Crippen LogP) is 3.75. The molecule has 1 fully saturated rings. The molecule has 0 unspecified atom stereocenters. The van der Waals surface area contributed by atoms with E-state index < -0.39 is 0 Å². The van der Waals surface area contributed by atoms with Crippen LogP contribution in [0.3, 0.4) is 0 Å². The van der Waals surface area contributed by atoms with Crippen LogP contribution in [0.2, 0.25) is 0 Å². The zero-order valence-corrected chi connectivity index (χ0v) is 16.1. The molecule has 0 aliphatic heterocycles. The number of nitrogens with zero attached hydrogens (tertiary/aromatic N) is 2. The van der Waals surface area contributed by atoms with Crippen molar-refractivity contribution in [1.29, 1.82) is 0 Å². The Balaban J connectivity index is 1.37. The molecule has 0 radical (unpaired) electrons. The monoisotopic (exact) mass is 370 g/mol. The highest BCUT2D eigenvalue weighted by Gasteiger charge is 2.12. The molecular weight excluding hydrogens is 340 g/mol.